The maximum atomic E-state index is 11.9. The Labute approximate surface area is 169 Å². The third kappa shape index (κ3) is 3.23. The van der Waals surface area contributed by atoms with Gasteiger partial charge in [-0.3, -0.25) is 18.9 Å². The molecule has 4 rings (SSSR count). The first-order chi connectivity index (χ1) is 11.3. The minimum absolute atomic E-state index is 0. The first-order valence-electron chi connectivity index (χ1n) is 6.67. The number of rotatable bonds is 1. The van der Waals surface area contributed by atoms with Crippen molar-refractivity contribution in [3.63, 3.8) is 0 Å². The van der Waals surface area contributed by atoms with Crippen molar-refractivity contribution in [3.05, 3.63) is 15.1 Å². The first kappa shape index (κ1) is 19.4. The molecule has 0 radical (unpaired) electrons. The smallest absolute Gasteiger partial charge is 0.756 e. The molecule has 130 valence electrons. The van der Waals surface area contributed by atoms with Gasteiger partial charge in [0.25, 0.3) is 13.4 Å². The molecule has 5 atom stereocenters. The Hall–Kier alpha value is -0.340. The van der Waals surface area contributed by atoms with Gasteiger partial charge in [0.2, 0.25) is 5.95 Å². The summed E-state index contributed by atoms with van der Waals surface area (Å²) >= 11 is 3.17. The van der Waals surface area contributed by atoms with E-state index in [9.17, 15) is 19.4 Å². The summed E-state index contributed by atoms with van der Waals surface area (Å²) in [6.45, 7) is -0.292. The fourth-order valence-electron chi connectivity index (χ4n) is 2.74. The fourth-order valence-corrected chi connectivity index (χ4v) is 4.24. The molecule has 2 fully saturated rings. The standard InChI is InChI=1S/C10H11BrN5O7P.Na/c11-9-13-3-6(14-10(12)15-7(3)18)16(9)8-4(17)5-2(22-8)1-21-24(19,20)23-5;/h2,4-5,8,17H,1H2,(H,19,20)(H3,12,14,15,18);/q;+1/p-1/t2?,4?,5?,8-;/m1./s1. The number of aromatic nitrogens is 4. The summed E-state index contributed by atoms with van der Waals surface area (Å²) in [6, 6.07) is 0. The number of aliphatic hydroxyl groups excluding tert-OH is 1. The molecule has 0 aliphatic carbocycles. The third-order valence-electron chi connectivity index (χ3n) is 3.74. The minimum Gasteiger partial charge on any atom is -0.756 e. The van der Waals surface area contributed by atoms with E-state index in [1.807, 2.05) is 0 Å². The monoisotopic (exact) mass is 445 g/mol. The number of phosphoric acid groups is 1. The van der Waals surface area contributed by atoms with Gasteiger partial charge < -0.3 is 29.5 Å². The van der Waals surface area contributed by atoms with Crippen LogP contribution in [0.1, 0.15) is 6.23 Å². The number of anilines is 1. The SMILES string of the molecule is Nc1nc2c(nc(Br)n2[C@@H]2OC3COP(=O)([O-])OC3C2O)c(=O)[nH]1.[Na+]. The molecule has 0 spiro atoms. The van der Waals surface area contributed by atoms with Gasteiger partial charge in [-0.15, -0.1) is 0 Å². The zero-order valence-electron chi connectivity index (χ0n) is 12.7. The Balaban J connectivity index is 0.00000182. The number of halogens is 1. The molecule has 12 nitrogen and oxygen atoms in total. The van der Waals surface area contributed by atoms with E-state index in [4.69, 9.17) is 15.0 Å². The van der Waals surface area contributed by atoms with E-state index < -0.39 is 37.9 Å². The molecule has 2 aliphatic heterocycles. The summed E-state index contributed by atoms with van der Waals surface area (Å²) in [5, 5.41) is 10.4. The van der Waals surface area contributed by atoms with Crippen LogP contribution in [0.3, 0.4) is 0 Å². The zero-order chi connectivity index (χ0) is 17.2. The summed E-state index contributed by atoms with van der Waals surface area (Å²) in [5.41, 5.74) is 5.02. The maximum Gasteiger partial charge on any atom is 1.00 e. The number of aliphatic hydroxyl groups is 1. The Bertz CT molecular complexity index is 936. The normalized spacial score (nSPS) is 34.7. The molecular formula is C10H10BrN5NaO7P. The Morgan fingerprint density at radius 3 is 2.92 bits per heavy atom. The molecule has 0 saturated carbocycles. The van der Waals surface area contributed by atoms with Crippen molar-refractivity contribution in [2.45, 2.75) is 24.5 Å². The maximum absolute atomic E-state index is 11.9. The topological polar surface area (TPSA) is 178 Å². The van der Waals surface area contributed by atoms with Gasteiger partial charge >= 0.3 is 29.6 Å². The molecule has 0 aromatic carbocycles. The Morgan fingerprint density at radius 2 is 2.20 bits per heavy atom. The molecule has 4 N–H and O–H groups in total. The number of fused-ring (bicyclic) bond motifs is 2. The van der Waals surface area contributed by atoms with E-state index in [-0.39, 0.29) is 58.0 Å². The molecule has 2 aromatic heterocycles. The van der Waals surface area contributed by atoms with Gasteiger partial charge in [-0.2, -0.15) is 4.98 Å². The van der Waals surface area contributed by atoms with E-state index >= 15 is 0 Å². The van der Waals surface area contributed by atoms with Crippen LogP contribution in [0.25, 0.3) is 11.2 Å². The zero-order valence-corrected chi connectivity index (χ0v) is 17.1. The van der Waals surface area contributed by atoms with Gasteiger partial charge in [0.05, 0.1) is 6.61 Å². The van der Waals surface area contributed by atoms with Crippen LogP contribution >= 0.6 is 23.8 Å². The number of nitrogens with one attached hydrogen (secondary N) is 1. The summed E-state index contributed by atoms with van der Waals surface area (Å²) in [4.78, 5) is 33.6. The van der Waals surface area contributed by atoms with Crippen LogP contribution in [-0.4, -0.2) is 49.5 Å². The average Bonchev–Trinajstić information content (AvgIpc) is 2.96. The van der Waals surface area contributed by atoms with Crippen molar-refractivity contribution < 1.29 is 57.9 Å². The number of ether oxygens (including phenoxy) is 1. The molecule has 4 unspecified atom stereocenters. The third-order valence-corrected chi connectivity index (χ3v) is 5.26. The molecule has 2 saturated heterocycles. The van der Waals surface area contributed by atoms with Crippen LogP contribution in [0.2, 0.25) is 0 Å². The molecule has 4 heterocycles. The van der Waals surface area contributed by atoms with E-state index in [1.54, 1.807) is 0 Å². The second-order valence-electron chi connectivity index (χ2n) is 5.24. The van der Waals surface area contributed by atoms with Crippen molar-refractivity contribution in [2.24, 2.45) is 0 Å². The molecular weight excluding hydrogens is 436 g/mol. The fraction of sp³-hybridized carbons (Fsp3) is 0.500. The molecule has 0 bridgehead atoms. The van der Waals surface area contributed by atoms with Crippen LogP contribution in [0.4, 0.5) is 5.95 Å². The van der Waals surface area contributed by atoms with Gasteiger partial charge in [-0.1, -0.05) is 0 Å². The van der Waals surface area contributed by atoms with Crippen LogP contribution in [0.15, 0.2) is 9.53 Å². The molecule has 0 amide bonds. The predicted octanol–water partition coefficient (Wildman–Crippen LogP) is -4.39. The second-order valence-corrected chi connectivity index (χ2v) is 7.32. The largest absolute Gasteiger partial charge is 1.00 e. The van der Waals surface area contributed by atoms with Crippen LogP contribution in [-0.2, 0) is 18.3 Å². The van der Waals surface area contributed by atoms with Gasteiger partial charge in [-0.25, -0.2) is 4.98 Å². The number of phosphoric ester groups is 1. The van der Waals surface area contributed by atoms with Crippen molar-refractivity contribution in [1.29, 1.82) is 0 Å². The number of nitrogens with two attached hydrogens (primary N) is 1. The molecule has 2 aromatic rings. The van der Waals surface area contributed by atoms with E-state index in [0.29, 0.717) is 0 Å². The van der Waals surface area contributed by atoms with Crippen molar-refractivity contribution in [1.82, 2.24) is 19.5 Å². The van der Waals surface area contributed by atoms with E-state index in [1.165, 1.54) is 4.57 Å². The Morgan fingerprint density at radius 1 is 1.48 bits per heavy atom. The molecule has 15 heteroatoms. The molecule has 25 heavy (non-hydrogen) atoms. The van der Waals surface area contributed by atoms with Crippen LogP contribution in [0, 0.1) is 0 Å². The van der Waals surface area contributed by atoms with Gasteiger partial charge in [0.1, 0.15) is 18.3 Å². The predicted molar refractivity (Wildman–Crippen MR) is 78.6 cm³/mol. The van der Waals surface area contributed by atoms with Gasteiger partial charge in [0, 0.05) is 0 Å². The van der Waals surface area contributed by atoms with Crippen molar-refractivity contribution >= 4 is 40.9 Å². The first-order valence-corrected chi connectivity index (χ1v) is 8.93. The number of nitrogen functional groups attached to an aromatic ring is 1. The number of hydrogen-bond donors (Lipinski definition) is 3. The Kier molecular flexibility index (Phi) is 5.19. The van der Waals surface area contributed by atoms with Crippen molar-refractivity contribution in [2.75, 3.05) is 12.3 Å². The van der Waals surface area contributed by atoms with Gasteiger partial charge in [0.15, 0.2) is 22.1 Å². The number of aromatic amines is 1. The second kappa shape index (κ2) is 6.68. The van der Waals surface area contributed by atoms with Crippen LogP contribution < -0.4 is 45.7 Å². The number of hydrogen-bond acceptors (Lipinski definition) is 10. The van der Waals surface area contributed by atoms with E-state index in [2.05, 4.69) is 35.4 Å². The number of H-pyrrole nitrogens is 1. The van der Waals surface area contributed by atoms with Crippen molar-refractivity contribution in [3.8, 4) is 0 Å². The number of nitrogens with zero attached hydrogens (tertiary/aromatic N) is 3. The van der Waals surface area contributed by atoms with E-state index in [0.717, 1.165) is 0 Å². The number of imidazole rings is 1. The van der Waals surface area contributed by atoms with Gasteiger partial charge in [-0.05, 0) is 15.9 Å². The summed E-state index contributed by atoms with van der Waals surface area (Å²) in [7, 11) is -4.49. The summed E-state index contributed by atoms with van der Waals surface area (Å²) < 4.78 is 27.8. The summed E-state index contributed by atoms with van der Waals surface area (Å²) in [6.07, 6.45) is -4.42. The summed E-state index contributed by atoms with van der Waals surface area (Å²) in [5.74, 6) is -0.144. The average molecular weight is 446 g/mol. The van der Waals surface area contributed by atoms with Crippen LogP contribution in [0.5, 0.6) is 0 Å². The quantitative estimate of drug-likeness (QED) is 0.220. The minimum atomic E-state index is -4.49. The molecule has 2 aliphatic rings.